The molecule has 1 unspecified atom stereocenters. The third kappa shape index (κ3) is 3.54. The highest BCUT2D eigenvalue weighted by molar-refractivity contribution is 5.93. The van der Waals surface area contributed by atoms with Gasteiger partial charge in [0.15, 0.2) is 5.69 Å². The number of nitrogens with zero attached hydrogens (tertiary/aromatic N) is 3. The van der Waals surface area contributed by atoms with Gasteiger partial charge in [0.25, 0.3) is 5.91 Å². The first-order valence-electron chi connectivity index (χ1n) is 7.51. The van der Waals surface area contributed by atoms with Crippen molar-refractivity contribution in [2.75, 3.05) is 18.0 Å². The third-order valence-corrected chi connectivity index (χ3v) is 3.88. The fourth-order valence-corrected chi connectivity index (χ4v) is 2.69. The molecule has 1 aromatic carbocycles. The summed E-state index contributed by atoms with van der Waals surface area (Å²) < 4.78 is 27.6. The molecule has 25 heavy (non-hydrogen) atoms. The number of carbonyl (C=O) groups is 2. The molecule has 2 heterocycles. The summed E-state index contributed by atoms with van der Waals surface area (Å²) in [6, 6.07) is 3.35. The molecule has 0 saturated carbocycles. The molecular formula is C16H14F2N4O3. The average Bonchev–Trinajstić information content (AvgIpc) is 3.02. The van der Waals surface area contributed by atoms with Gasteiger partial charge in [-0.2, -0.15) is 0 Å². The van der Waals surface area contributed by atoms with E-state index in [-0.39, 0.29) is 29.7 Å². The van der Waals surface area contributed by atoms with Crippen molar-refractivity contribution in [2.24, 2.45) is 0 Å². The SMILES string of the molecule is O=C(O)c1cnc(C(=O)NC2CCN(c3c(F)cccc3F)C2)cn1. The Balaban J connectivity index is 1.65. The highest BCUT2D eigenvalue weighted by Gasteiger charge is 2.28. The largest absolute Gasteiger partial charge is 0.476 e. The first kappa shape index (κ1) is 16.7. The lowest BCUT2D eigenvalue weighted by Gasteiger charge is -2.20. The summed E-state index contributed by atoms with van der Waals surface area (Å²) in [6.07, 6.45) is 2.58. The van der Waals surface area contributed by atoms with E-state index < -0.39 is 23.5 Å². The number of carboxylic acids is 1. The maximum Gasteiger partial charge on any atom is 0.356 e. The minimum atomic E-state index is -1.24. The Kier molecular flexibility index (Phi) is 4.55. The normalized spacial score (nSPS) is 16.7. The Morgan fingerprint density at radius 1 is 1.16 bits per heavy atom. The van der Waals surface area contributed by atoms with Crippen LogP contribution in [0.4, 0.5) is 14.5 Å². The van der Waals surface area contributed by atoms with Gasteiger partial charge in [-0.05, 0) is 18.6 Å². The second kappa shape index (κ2) is 6.80. The van der Waals surface area contributed by atoms with Crippen LogP contribution < -0.4 is 10.2 Å². The molecule has 2 aromatic rings. The van der Waals surface area contributed by atoms with Gasteiger partial charge >= 0.3 is 5.97 Å². The van der Waals surface area contributed by atoms with Crippen LogP contribution in [0.1, 0.15) is 27.4 Å². The molecule has 0 bridgehead atoms. The van der Waals surface area contributed by atoms with Crippen molar-refractivity contribution in [3.63, 3.8) is 0 Å². The van der Waals surface area contributed by atoms with Gasteiger partial charge in [-0.25, -0.2) is 23.5 Å². The van der Waals surface area contributed by atoms with Crippen LogP contribution in [0.3, 0.4) is 0 Å². The van der Waals surface area contributed by atoms with Crippen molar-refractivity contribution in [3.05, 3.63) is 53.6 Å². The molecule has 3 rings (SSSR count). The molecular weight excluding hydrogens is 334 g/mol. The molecule has 0 aliphatic carbocycles. The topological polar surface area (TPSA) is 95.4 Å². The van der Waals surface area contributed by atoms with E-state index in [9.17, 15) is 18.4 Å². The molecule has 9 heteroatoms. The predicted octanol–water partition coefficient (Wildman–Crippen LogP) is 1.46. The number of aromatic nitrogens is 2. The van der Waals surface area contributed by atoms with E-state index in [1.165, 1.54) is 23.1 Å². The minimum absolute atomic E-state index is 0.0273. The van der Waals surface area contributed by atoms with Crippen LogP contribution in [0.5, 0.6) is 0 Å². The first-order chi connectivity index (χ1) is 12.0. The number of carbonyl (C=O) groups excluding carboxylic acids is 1. The van der Waals surface area contributed by atoms with Crippen molar-refractivity contribution in [3.8, 4) is 0 Å². The smallest absolute Gasteiger partial charge is 0.356 e. The van der Waals surface area contributed by atoms with Crippen molar-refractivity contribution < 1.29 is 23.5 Å². The van der Waals surface area contributed by atoms with Gasteiger partial charge in [0.1, 0.15) is 23.0 Å². The summed E-state index contributed by atoms with van der Waals surface area (Å²) in [4.78, 5) is 31.8. The summed E-state index contributed by atoms with van der Waals surface area (Å²) in [7, 11) is 0. The average molecular weight is 348 g/mol. The van der Waals surface area contributed by atoms with E-state index >= 15 is 0 Å². The number of aromatic carboxylic acids is 1. The number of halogens is 2. The van der Waals surface area contributed by atoms with Crippen LogP contribution in [-0.2, 0) is 0 Å². The van der Waals surface area contributed by atoms with Crippen LogP contribution in [0, 0.1) is 11.6 Å². The summed E-state index contributed by atoms with van der Waals surface area (Å²) in [6.45, 7) is 0.649. The lowest BCUT2D eigenvalue weighted by Crippen LogP contribution is -2.37. The molecule has 1 aliphatic rings. The number of rotatable bonds is 4. The summed E-state index contributed by atoms with van der Waals surface area (Å²) in [5.74, 6) is -3.06. The zero-order valence-electron chi connectivity index (χ0n) is 12.9. The Morgan fingerprint density at radius 3 is 2.40 bits per heavy atom. The van der Waals surface area contributed by atoms with Gasteiger partial charge in [-0.15, -0.1) is 0 Å². The third-order valence-electron chi connectivity index (χ3n) is 3.88. The van der Waals surface area contributed by atoms with E-state index in [1.807, 2.05) is 0 Å². The van der Waals surface area contributed by atoms with Gasteiger partial charge in [0.05, 0.1) is 12.4 Å². The number of nitrogens with one attached hydrogen (secondary N) is 1. The Morgan fingerprint density at radius 2 is 1.80 bits per heavy atom. The van der Waals surface area contributed by atoms with Crippen molar-refractivity contribution >= 4 is 17.6 Å². The van der Waals surface area contributed by atoms with Crippen molar-refractivity contribution in [2.45, 2.75) is 12.5 Å². The Hall–Kier alpha value is -3.10. The molecule has 130 valence electrons. The minimum Gasteiger partial charge on any atom is -0.476 e. The van der Waals surface area contributed by atoms with Crippen molar-refractivity contribution in [1.82, 2.24) is 15.3 Å². The lowest BCUT2D eigenvalue weighted by molar-refractivity contribution is 0.0689. The number of amides is 1. The first-order valence-corrected chi connectivity index (χ1v) is 7.51. The summed E-state index contributed by atoms with van der Waals surface area (Å²) in [5.41, 5.74) is -0.399. The molecule has 2 N–H and O–H groups in total. The molecule has 7 nitrogen and oxygen atoms in total. The Labute approximate surface area is 141 Å². The van der Waals surface area contributed by atoms with E-state index in [4.69, 9.17) is 5.11 Å². The summed E-state index contributed by atoms with van der Waals surface area (Å²) >= 11 is 0. The molecule has 0 radical (unpaired) electrons. The number of hydrogen-bond acceptors (Lipinski definition) is 5. The lowest BCUT2D eigenvalue weighted by atomic mass is 10.2. The van der Waals surface area contributed by atoms with Crippen LogP contribution in [0.15, 0.2) is 30.6 Å². The number of hydrogen-bond donors (Lipinski definition) is 2. The molecule has 0 spiro atoms. The maximum atomic E-state index is 13.8. The van der Waals surface area contributed by atoms with Crippen LogP contribution in [-0.4, -0.2) is 46.1 Å². The van der Waals surface area contributed by atoms with Gasteiger partial charge in [0, 0.05) is 19.1 Å². The number of anilines is 1. The number of carboxylic acid groups (broad SMARTS) is 1. The molecule has 1 aromatic heterocycles. The quantitative estimate of drug-likeness (QED) is 0.869. The van der Waals surface area contributed by atoms with Gasteiger partial charge in [0.2, 0.25) is 0 Å². The summed E-state index contributed by atoms with van der Waals surface area (Å²) in [5, 5.41) is 11.5. The Bertz CT molecular complexity index is 793. The maximum absolute atomic E-state index is 13.8. The van der Waals surface area contributed by atoms with Gasteiger partial charge < -0.3 is 15.3 Å². The highest BCUT2D eigenvalue weighted by Crippen LogP contribution is 2.26. The van der Waals surface area contributed by atoms with Gasteiger partial charge in [-0.3, -0.25) is 4.79 Å². The van der Waals surface area contributed by atoms with Crippen LogP contribution in [0.2, 0.25) is 0 Å². The number of benzene rings is 1. The number of para-hydroxylation sites is 1. The zero-order chi connectivity index (χ0) is 18.0. The zero-order valence-corrected chi connectivity index (χ0v) is 12.9. The van der Waals surface area contributed by atoms with E-state index in [0.717, 1.165) is 12.4 Å². The second-order valence-electron chi connectivity index (χ2n) is 5.57. The highest BCUT2D eigenvalue weighted by atomic mass is 19.1. The van der Waals surface area contributed by atoms with Crippen LogP contribution >= 0.6 is 0 Å². The molecule has 1 atom stereocenters. The molecule has 1 aliphatic heterocycles. The van der Waals surface area contributed by atoms with E-state index in [1.54, 1.807) is 0 Å². The van der Waals surface area contributed by atoms with E-state index in [0.29, 0.717) is 13.0 Å². The fraction of sp³-hybridized carbons (Fsp3) is 0.250. The molecule has 1 saturated heterocycles. The fourth-order valence-electron chi connectivity index (χ4n) is 2.69. The molecule has 1 amide bonds. The van der Waals surface area contributed by atoms with Gasteiger partial charge in [-0.1, -0.05) is 6.07 Å². The standard InChI is InChI=1S/C16H14F2N4O3/c17-10-2-1-3-11(18)14(10)22-5-4-9(8-22)21-15(23)12-6-20-13(7-19-12)16(24)25/h1-3,6-7,9H,4-5,8H2,(H,21,23)(H,24,25). The van der Waals surface area contributed by atoms with Crippen molar-refractivity contribution in [1.29, 1.82) is 0 Å². The predicted molar refractivity (Wildman–Crippen MR) is 83.4 cm³/mol. The molecule has 1 fully saturated rings. The second-order valence-corrected chi connectivity index (χ2v) is 5.57. The monoisotopic (exact) mass is 348 g/mol. The van der Waals surface area contributed by atoms with Crippen LogP contribution in [0.25, 0.3) is 0 Å². The van der Waals surface area contributed by atoms with E-state index in [2.05, 4.69) is 15.3 Å².